The lowest BCUT2D eigenvalue weighted by Gasteiger charge is -2.25. The lowest BCUT2D eigenvalue weighted by molar-refractivity contribution is 0.218. The van der Waals surface area contributed by atoms with Crippen LogP contribution in [0.3, 0.4) is 0 Å². The van der Waals surface area contributed by atoms with E-state index in [0.29, 0.717) is 6.61 Å². The Hall–Kier alpha value is -0.0400. The van der Waals surface area contributed by atoms with Crippen LogP contribution in [0, 0.1) is 11.8 Å². The molecule has 1 saturated carbocycles. The summed E-state index contributed by atoms with van der Waals surface area (Å²) in [6, 6.07) is 0. The lowest BCUT2D eigenvalue weighted by atomic mass is 9.81. The second kappa shape index (κ2) is 6.42. The van der Waals surface area contributed by atoms with E-state index in [1.165, 1.54) is 44.9 Å². The van der Waals surface area contributed by atoms with Crippen LogP contribution in [0.2, 0.25) is 0 Å². The van der Waals surface area contributed by atoms with E-state index in [0.717, 1.165) is 18.3 Å². The van der Waals surface area contributed by atoms with Gasteiger partial charge >= 0.3 is 0 Å². The molecule has 13 heavy (non-hydrogen) atoms. The summed E-state index contributed by atoms with van der Waals surface area (Å²) in [4.78, 5) is 0. The maximum atomic E-state index is 8.90. The van der Waals surface area contributed by atoms with E-state index in [9.17, 15) is 0 Å². The quantitative estimate of drug-likeness (QED) is 0.694. The third-order valence-electron chi connectivity index (χ3n) is 3.51. The van der Waals surface area contributed by atoms with Crippen molar-refractivity contribution >= 4 is 0 Å². The topological polar surface area (TPSA) is 20.2 Å². The molecule has 0 aromatic rings. The molecule has 0 bridgehead atoms. The summed E-state index contributed by atoms with van der Waals surface area (Å²) in [5, 5.41) is 8.90. The van der Waals surface area contributed by atoms with Crippen LogP contribution < -0.4 is 0 Å². The standard InChI is InChI=1S/C12H24O/c1-2-11(8-9-13)10-12-6-4-3-5-7-12/h11-13H,2-10H2,1H3/t11-/m0/s1. The Morgan fingerprint density at radius 2 is 1.92 bits per heavy atom. The van der Waals surface area contributed by atoms with Gasteiger partial charge in [-0.05, 0) is 24.7 Å². The first-order valence-corrected chi connectivity index (χ1v) is 5.97. The van der Waals surface area contributed by atoms with Gasteiger partial charge in [0.05, 0.1) is 0 Å². The molecule has 1 fully saturated rings. The van der Waals surface area contributed by atoms with Gasteiger partial charge in [0.25, 0.3) is 0 Å². The summed E-state index contributed by atoms with van der Waals surface area (Å²) in [5.41, 5.74) is 0. The number of rotatable bonds is 5. The molecule has 1 N–H and O–H groups in total. The molecule has 0 radical (unpaired) electrons. The Labute approximate surface area is 82.5 Å². The van der Waals surface area contributed by atoms with Crippen molar-refractivity contribution < 1.29 is 5.11 Å². The zero-order valence-electron chi connectivity index (χ0n) is 8.97. The molecule has 0 aromatic carbocycles. The van der Waals surface area contributed by atoms with Gasteiger partial charge in [-0.2, -0.15) is 0 Å². The van der Waals surface area contributed by atoms with Crippen LogP contribution >= 0.6 is 0 Å². The average Bonchev–Trinajstić information content (AvgIpc) is 2.19. The van der Waals surface area contributed by atoms with E-state index in [2.05, 4.69) is 6.92 Å². The number of aliphatic hydroxyl groups excluding tert-OH is 1. The minimum absolute atomic E-state index is 0.380. The molecule has 0 saturated heterocycles. The maximum absolute atomic E-state index is 8.90. The summed E-state index contributed by atoms with van der Waals surface area (Å²) >= 11 is 0. The highest BCUT2D eigenvalue weighted by Gasteiger charge is 2.17. The highest BCUT2D eigenvalue weighted by Crippen LogP contribution is 2.30. The summed E-state index contributed by atoms with van der Waals surface area (Å²) in [5.74, 6) is 1.76. The van der Waals surface area contributed by atoms with Crippen molar-refractivity contribution in [1.82, 2.24) is 0 Å². The molecule has 1 aliphatic rings. The summed E-state index contributed by atoms with van der Waals surface area (Å²) in [6.07, 6.45) is 10.9. The van der Waals surface area contributed by atoms with Crippen LogP contribution in [0.5, 0.6) is 0 Å². The van der Waals surface area contributed by atoms with Crippen LogP contribution in [-0.2, 0) is 0 Å². The van der Waals surface area contributed by atoms with Gasteiger partial charge in [0.2, 0.25) is 0 Å². The molecule has 0 heterocycles. The first kappa shape index (κ1) is 11.0. The summed E-state index contributed by atoms with van der Waals surface area (Å²) in [6.45, 7) is 2.63. The van der Waals surface area contributed by atoms with Gasteiger partial charge in [-0.1, -0.05) is 45.4 Å². The fourth-order valence-electron chi connectivity index (χ4n) is 2.57. The molecule has 0 amide bonds. The smallest absolute Gasteiger partial charge is 0.0433 e. The highest BCUT2D eigenvalue weighted by atomic mass is 16.3. The molecule has 1 rings (SSSR count). The average molecular weight is 184 g/mol. The summed E-state index contributed by atoms with van der Waals surface area (Å²) < 4.78 is 0. The van der Waals surface area contributed by atoms with Crippen molar-refractivity contribution in [3.8, 4) is 0 Å². The molecule has 1 heteroatoms. The predicted octanol–water partition coefficient (Wildman–Crippen LogP) is 3.37. The zero-order chi connectivity index (χ0) is 9.52. The van der Waals surface area contributed by atoms with Gasteiger partial charge in [-0.3, -0.25) is 0 Å². The first-order chi connectivity index (χ1) is 6.36. The molecule has 0 aliphatic heterocycles. The van der Waals surface area contributed by atoms with Crippen LogP contribution in [0.15, 0.2) is 0 Å². The van der Waals surface area contributed by atoms with E-state index < -0.39 is 0 Å². The Balaban J connectivity index is 2.18. The second-order valence-corrected chi connectivity index (χ2v) is 4.53. The Bertz CT molecular complexity index is 114. The SMILES string of the molecule is CC[C@@H](CCO)CC1CCCCC1. The number of aliphatic hydroxyl groups is 1. The molecule has 1 atom stereocenters. The van der Waals surface area contributed by atoms with Crippen molar-refractivity contribution in [2.75, 3.05) is 6.61 Å². The van der Waals surface area contributed by atoms with Gasteiger partial charge in [0, 0.05) is 6.61 Å². The highest BCUT2D eigenvalue weighted by molar-refractivity contribution is 4.69. The number of hydrogen-bond acceptors (Lipinski definition) is 1. The molecular weight excluding hydrogens is 160 g/mol. The zero-order valence-corrected chi connectivity index (χ0v) is 8.97. The van der Waals surface area contributed by atoms with E-state index in [1.807, 2.05) is 0 Å². The molecule has 78 valence electrons. The van der Waals surface area contributed by atoms with Crippen LogP contribution in [0.1, 0.15) is 58.3 Å². The maximum Gasteiger partial charge on any atom is 0.0433 e. The fourth-order valence-corrected chi connectivity index (χ4v) is 2.57. The van der Waals surface area contributed by atoms with Crippen molar-refractivity contribution in [3.05, 3.63) is 0 Å². The normalized spacial score (nSPS) is 21.7. The van der Waals surface area contributed by atoms with E-state index >= 15 is 0 Å². The van der Waals surface area contributed by atoms with Crippen molar-refractivity contribution in [2.45, 2.75) is 58.3 Å². The van der Waals surface area contributed by atoms with E-state index in [4.69, 9.17) is 5.11 Å². The fraction of sp³-hybridized carbons (Fsp3) is 1.00. The van der Waals surface area contributed by atoms with Crippen molar-refractivity contribution in [2.24, 2.45) is 11.8 Å². The summed E-state index contributed by atoms with van der Waals surface area (Å²) in [7, 11) is 0. The van der Waals surface area contributed by atoms with Crippen LogP contribution in [-0.4, -0.2) is 11.7 Å². The van der Waals surface area contributed by atoms with E-state index in [1.54, 1.807) is 0 Å². The molecule has 1 nitrogen and oxygen atoms in total. The van der Waals surface area contributed by atoms with Gasteiger partial charge < -0.3 is 5.11 Å². The Kier molecular flexibility index (Phi) is 5.45. The minimum atomic E-state index is 0.380. The van der Waals surface area contributed by atoms with E-state index in [-0.39, 0.29) is 0 Å². The lowest BCUT2D eigenvalue weighted by Crippen LogP contribution is -2.12. The molecule has 1 aliphatic carbocycles. The number of hydrogen-bond donors (Lipinski definition) is 1. The van der Waals surface area contributed by atoms with Crippen molar-refractivity contribution in [1.29, 1.82) is 0 Å². The Morgan fingerprint density at radius 1 is 1.23 bits per heavy atom. The molecular formula is C12H24O. The van der Waals surface area contributed by atoms with Crippen LogP contribution in [0.25, 0.3) is 0 Å². The van der Waals surface area contributed by atoms with Gasteiger partial charge in [-0.25, -0.2) is 0 Å². The Morgan fingerprint density at radius 3 is 2.46 bits per heavy atom. The van der Waals surface area contributed by atoms with Gasteiger partial charge in [0.1, 0.15) is 0 Å². The van der Waals surface area contributed by atoms with Gasteiger partial charge in [-0.15, -0.1) is 0 Å². The monoisotopic (exact) mass is 184 g/mol. The minimum Gasteiger partial charge on any atom is -0.396 e. The molecule has 0 aromatic heterocycles. The third-order valence-corrected chi connectivity index (χ3v) is 3.51. The molecule has 0 spiro atoms. The predicted molar refractivity (Wildman–Crippen MR) is 56.7 cm³/mol. The first-order valence-electron chi connectivity index (χ1n) is 5.97. The largest absolute Gasteiger partial charge is 0.396 e. The van der Waals surface area contributed by atoms with Crippen LogP contribution in [0.4, 0.5) is 0 Å². The second-order valence-electron chi connectivity index (χ2n) is 4.53. The molecule has 0 unspecified atom stereocenters. The third kappa shape index (κ3) is 4.12. The van der Waals surface area contributed by atoms with Gasteiger partial charge in [0.15, 0.2) is 0 Å². The van der Waals surface area contributed by atoms with Crippen molar-refractivity contribution in [3.63, 3.8) is 0 Å².